The Morgan fingerprint density at radius 2 is 1.57 bits per heavy atom. The number of benzene rings is 2. The molecule has 2 aliphatic rings. The molecule has 2 fully saturated rings. The number of methoxy groups -OCH3 is 1. The van der Waals surface area contributed by atoms with Gasteiger partial charge < -0.3 is 19.4 Å². The summed E-state index contributed by atoms with van der Waals surface area (Å²) in [6, 6.07) is 17.5. The number of piperidine rings is 1. The van der Waals surface area contributed by atoms with E-state index in [4.69, 9.17) is 4.74 Å². The fourth-order valence-electron chi connectivity index (χ4n) is 4.36. The number of amides is 2. The molecule has 0 spiro atoms. The van der Waals surface area contributed by atoms with Crippen LogP contribution >= 0.6 is 0 Å². The minimum Gasteiger partial charge on any atom is -0.497 e. The van der Waals surface area contributed by atoms with Gasteiger partial charge in [-0.05, 0) is 49.2 Å². The van der Waals surface area contributed by atoms with Crippen molar-refractivity contribution in [2.75, 3.05) is 51.3 Å². The second kappa shape index (κ2) is 9.20. The Bertz CT molecular complexity index is 861. The van der Waals surface area contributed by atoms with Crippen molar-refractivity contribution >= 4 is 17.5 Å². The SMILES string of the molecule is COc1ccc(C(=O)N2CCC[C@@H](C(=O)N3CCN(c4ccccc4)CC3)C2)cc1. The first-order chi connectivity index (χ1) is 14.7. The number of rotatable bonds is 4. The number of nitrogens with zero attached hydrogens (tertiary/aromatic N) is 3. The van der Waals surface area contributed by atoms with Crippen LogP contribution in [-0.2, 0) is 4.79 Å². The zero-order valence-electron chi connectivity index (χ0n) is 17.5. The molecule has 158 valence electrons. The highest BCUT2D eigenvalue weighted by Gasteiger charge is 2.32. The predicted octanol–water partition coefficient (Wildman–Crippen LogP) is 2.90. The fourth-order valence-corrected chi connectivity index (χ4v) is 4.36. The maximum absolute atomic E-state index is 13.1. The summed E-state index contributed by atoms with van der Waals surface area (Å²) >= 11 is 0. The lowest BCUT2D eigenvalue weighted by atomic mass is 9.95. The molecule has 2 saturated heterocycles. The third-order valence-corrected chi connectivity index (χ3v) is 6.11. The molecule has 2 aliphatic heterocycles. The Morgan fingerprint density at radius 1 is 0.867 bits per heavy atom. The van der Waals surface area contributed by atoms with Gasteiger partial charge in [0.05, 0.1) is 13.0 Å². The van der Waals surface area contributed by atoms with Crippen LogP contribution in [0.1, 0.15) is 23.2 Å². The number of carbonyl (C=O) groups is 2. The molecule has 30 heavy (non-hydrogen) atoms. The molecule has 1 atom stereocenters. The lowest BCUT2D eigenvalue weighted by Crippen LogP contribution is -2.53. The van der Waals surface area contributed by atoms with Gasteiger partial charge in [-0.2, -0.15) is 0 Å². The summed E-state index contributed by atoms with van der Waals surface area (Å²) in [7, 11) is 1.61. The maximum Gasteiger partial charge on any atom is 0.253 e. The average Bonchev–Trinajstić information content (AvgIpc) is 2.84. The molecule has 2 heterocycles. The molecule has 4 rings (SSSR count). The number of anilines is 1. The molecule has 2 aromatic rings. The van der Waals surface area contributed by atoms with Crippen molar-refractivity contribution in [1.29, 1.82) is 0 Å². The van der Waals surface area contributed by atoms with Gasteiger partial charge in [-0.15, -0.1) is 0 Å². The highest BCUT2D eigenvalue weighted by molar-refractivity contribution is 5.94. The normalized spacial score (nSPS) is 19.5. The molecular weight excluding hydrogens is 378 g/mol. The van der Waals surface area contributed by atoms with Gasteiger partial charge >= 0.3 is 0 Å². The van der Waals surface area contributed by atoms with Crippen molar-refractivity contribution in [2.45, 2.75) is 12.8 Å². The van der Waals surface area contributed by atoms with E-state index in [1.54, 1.807) is 31.4 Å². The van der Waals surface area contributed by atoms with Crippen LogP contribution in [0.5, 0.6) is 5.75 Å². The molecule has 0 unspecified atom stereocenters. The molecule has 0 bridgehead atoms. The second-order valence-electron chi connectivity index (χ2n) is 7.97. The number of hydrogen-bond donors (Lipinski definition) is 0. The van der Waals surface area contributed by atoms with Crippen LogP contribution in [0.25, 0.3) is 0 Å². The first kappa shape index (κ1) is 20.3. The third kappa shape index (κ3) is 4.42. The Morgan fingerprint density at radius 3 is 2.23 bits per heavy atom. The largest absolute Gasteiger partial charge is 0.497 e. The van der Waals surface area contributed by atoms with Crippen molar-refractivity contribution in [3.05, 3.63) is 60.2 Å². The topological polar surface area (TPSA) is 53.1 Å². The van der Waals surface area contributed by atoms with Crippen molar-refractivity contribution < 1.29 is 14.3 Å². The standard InChI is InChI=1S/C24H29N3O3/c1-30-22-11-9-19(10-12-22)23(28)27-13-5-6-20(18-27)24(29)26-16-14-25(15-17-26)21-7-3-2-4-8-21/h2-4,7-12,20H,5-6,13-18H2,1H3/t20-/m1/s1. The minimum atomic E-state index is -0.107. The van der Waals surface area contributed by atoms with Crippen LogP contribution in [0.15, 0.2) is 54.6 Å². The van der Waals surface area contributed by atoms with E-state index in [1.165, 1.54) is 5.69 Å². The van der Waals surface area contributed by atoms with Gasteiger partial charge in [-0.3, -0.25) is 9.59 Å². The lowest BCUT2D eigenvalue weighted by Gasteiger charge is -2.39. The summed E-state index contributed by atoms with van der Waals surface area (Å²) in [5.41, 5.74) is 1.85. The molecule has 6 heteroatoms. The number of piperazine rings is 1. The number of carbonyl (C=O) groups excluding carboxylic acids is 2. The Labute approximate surface area is 178 Å². The van der Waals surface area contributed by atoms with Gasteiger partial charge in [0.2, 0.25) is 5.91 Å². The van der Waals surface area contributed by atoms with Crippen molar-refractivity contribution in [1.82, 2.24) is 9.80 Å². The van der Waals surface area contributed by atoms with E-state index in [-0.39, 0.29) is 17.7 Å². The predicted molar refractivity (Wildman–Crippen MR) is 117 cm³/mol. The van der Waals surface area contributed by atoms with E-state index in [0.717, 1.165) is 44.8 Å². The first-order valence-corrected chi connectivity index (χ1v) is 10.7. The summed E-state index contributed by atoms with van der Waals surface area (Å²) < 4.78 is 5.17. The van der Waals surface area contributed by atoms with Crippen LogP contribution in [-0.4, -0.2) is 68.0 Å². The minimum absolute atomic E-state index is 0.0101. The van der Waals surface area contributed by atoms with Gasteiger partial charge in [-0.25, -0.2) is 0 Å². The molecule has 2 aromatic carbocycles. The summed E-state index contributed by atoms with van der Waals surface area (Å²) in [6.07, 6.45) is 1.71. The highest BCUT2D eigenvalue weighted by Crippen LogP contribution is 2.23. The van der Waals surface area contributed by atoms with Gasteiger partial charge in [0, 0.05) is 50.5 Å². The van der Waals surface area contributed by atoms with Crippen molar-refractivity contribution in [3.63, 3.8) is 0 Å². The summed E-state index contributed by atoms with van der Waals surface area (Å²) in [5.74, 6) is 0.802. The molecular formula is C24H29N3O3. The average molecular weight is 408 g/mol. The second-order valence-corrected chi connectivity index (χ2v) is 7.97. The quantitative estimate of drug-likeness (QED) is 0.782. The summed E-state index contributed by atoms with van der Waals surface area (Å²) in [4.78, 5) is 32.2. The smallest absolute Gasteiger partial charge is 0.253 e. The number of likely N-dealkylation sites (tertiary alicyclic amines) is 1. The molecule has 0 N–H and O–H groups in total. The Hall–Kier alpha value is -3.02. The third-order valence-electron chi connectivity index (χ3n) is 6.11. The van der Waals surface area contributed by atoms with E-state index >= 15 is 0 Å². The zero-order chi connectivity index (χ0) is 20.9. The van der Waals surface area contributed by atoms with Crippen molar-refractivity contribution in [2.24, 2.45) is 5.92 Å². The van der Waals surface area contributed by atoms with Crippen LogP contribution in [0.4, 0.5) is 5.69 Å². The fraction of sp³-hybridized carbons (Fsp3) is 0.417. The van der Waals surface area contributed by atoms with E-state index in [2.05, 4.69) is 17.0 Å². The van der Waals surface area contributed by atoms with Gasteiger partial charge in [0.1, 0.15) is 5.75 Å². The number of ether oxygens (including phenoxy) is 1. The number of hydrogen-bond acceptors (Lipinski definition) is 4. The number of para-hydroxylation sites is 1. The Kier molecular flexibility index (Phi) is 6.21. The van der Waals surface area contributed by atoms with Gasteiger partial charge in [-0.1, -0.05) is 18.2 Å². The van der Waals surface area contributed by atoms with Crippen LogP contribution in [0, 0.1) is 5.92 Å². The summed E-state index contributed by atoms with van der Waals surface area (Å²) in [5, 5.41) is 0. The van der Waals surface area contributed by atoms with E-state index < -0.39 is 0 Å². The molecule has 0 saturated carbocycles. The maximum atomic E-state index is 13.1. The van der Waals surface area contributed by atoms with Gasteiger partial charge in [0.25, 0.3) is 5.91 Å². The Balaban J connectivity index is 1.34. The monoisotopic (exact) mass is 407 g/mol. The lowest BCUT2D eigenvalue weighted by molar-refractivity contribution is -0.137. The van der Waals surface area contributed by atoms with Crippen LogP contribution < -0.4 is 9.64 Å². The van der Waals surface area contributed by atoms with E-state index in [1.807, 2.05) is 28.0 Å². The molecule has 6 nitrogen and oxygen atoms in total. The zero-order valence-corrected chi connectivity index (χ0v) is 17.5. The summed E-state index contributed by atoms with van der Waals surface area (Å²) in [6.45, 7) is 4.36. The molecule has 0 aliphatic carbocycles. The first-order valence-electron chi connectivity index (χ1n) is 10.7. The van der Waals surface area contributed by atoms with E-state index in [9.17, 15) is 9.59 Å². The van der Waals surface area contributed by atoms with E-state index in [0.29, 0.717) is 18.7 Å². The molecule has 0 aromatic heterocycles. The van der Waals surface area contributed by atoms with Crippen LogP contribution in [0.3, 0.4) is 0 Å². The van der Waals surface area contributed by atoms with Gasteiger partial charge in [0.15, 0.2) is 0 Å². The molecule has 2 amide bonds. The highest BCUT2D eigenvalue weighted by atomic mass is 16.5. The molecule has 0 radical (unpaired) electrons. The van der Waals surface area contributed by atoms with Crippen molar-refractivity contribution in [3.8, 4) is 5.75 Å². The van der Waals surface area contributed by atoms with Crippen LogP contribution in [0.2, 0.25) is 0 Å².